The molecule has 0 bridgehead atoms. The number of benzene rings is 1. The molecule has 0 radical (unpaired) electrons. The number of amides is 1. The van der Waals surface area contributed by atoms with Gasteiger partial charge < -0.3 is 10.4 Å². The van der Waals surface area contributed by atoms with Gasteiger partial charge in [0.25, 0.3) is 5.91 Å². The predicted molar refractivity (Wildman–Crippen MR) is 94.9 cm³/mol. The van der Waals surface area contributed by atoms with Crippen LogP contribution in [0.2, 0.25) is 0 Å². The van der Waals surface area contributed by atoms with E-state index in [-0.39, 0.29) is 24.0 Å². The third-order valence-corrected chi connectivity index (χ3v) is 4.81. The highest BCUT2D eigenvalue weighted by Gasteiger charge is 2.36. The van der Waals surface area contributed by atoms with Crippen molar-refractivity contribution in [3.05, 3.63) is 72.2 Å². The smallest absolute Gasteiger partial charge is 0.252 e. The van der Waals surface area contributed by atoms with E-state index in [1.165, 1.54) is 0 Å². The van der Waals surface area contributed by atoms with E-state index in [1.54, 1.807) is 18.5 Å². The fraction of sp³-hybridized carbons (Fsp3) is 0.250. The Hall–Kier alpha value is -2.79. The van der Waals surface area contributed by atoms with Crippen LogP contribution in [-0.2, 0) is 0 Å². The number of aromatic nitrogens is 2. The first kappa shape index (κ1) is 15.7. The van der Waals surface area contributed by atoms with Crippen LogP contribution in [0, 0.1) is 5.92 Å². The SMILES string of the molecule is O=C(N[C@@H](c1ccccn1)C1CC(O)C1)c1ccnc2ccccc12. The summed E-state index contributed by atoms with van der Waals surface area (Å²) >= 11 is 0. The summed E-state index contributed by atoms with van der Waals surface area (Å²) in [6.45, 7) is 0. The third-order valence-electron chi connectivity index (χ3n) is 4.81. The van der Waals surface area contributed by atoms with Gasteiger partial charge in [-0.1, -0.05) is 24.3 Å². The lowest BCUT2D eigenvalue weighted by Crippen LogP contribution is -2.41. The standard InChI is InChI=1S/C20H19N3O2/c24-14-11-13(12-14)19(18-7-3-4-9-21-18)23-20(25)16-8-10-22-17-6-2-1-5-15(16)17/h1-10,13-14,19,24H,11-12H2,(H,23,25)/t13?,14?,19-/m1/s1. The van der Waals surface area contributed by atoms with Crippen molar-refractivity contribution >= 4 is 16.8 Å². The van der Waals surface area contributed by atoms with Gasteiger partial charge in [0.15, 0.2) is 0 Å². The van der Waals surface area contributed by atoms with E-state index >= 15 is 0 Å². The Labute approximate surface area is 145 Å². The maximum absolute atomic E-state index is 12.9. The maximum Gasteiger partial charge on any atom is 0.252 e. The molecule has 2 N–H and O–H groups in total. The van der Waals surface area contributed by atoms with Gasteiger partial charge in [-0.2, -0.15) is 0 Å². The lowest BCUT2D eigenvalue weighted by molar-refractivity contribution is 0.0228. The summed E-state index contributed by atoms with van der Waals surface area (Å²) < 4.78 is 0. The van der Waals surface area contributed by atoms with Gasteiger partial charge in [0, 0.05) is 17.8 Å². The molecule has 1 aliphatic rings. The van der Waals surface area contributed by atoms with Crippen molar-refractivity contribution < 1.29 is 9.90 Å². The fourth-order valence-electron chi connectivity index (χ4n) is 3.41. The zero-order valence-electron chi connectivity index (χ0n) is 13.7. The summed E-state index contributed by atoms with van der Waals surface area (Å²) in [7, 11) is 0. The third kappa shape index (κ3) is 3.10. The number of aliphatic hydroxyl groups excluding tert-OH is 1. The van der Waals surface area contributed by atoms with Gasteiger partial charge in [0.05, 0.1) is 28.9 Å². The van der Waals surface area contributed by atoms with Crippen LogP contribution in [0.3, 0.4) is 0 Å². The molecule has 5 nitrogen and oxygen atoms in total. The molecule has 5 heteroatoms. The van der Waals surface area contributed by atoms with Gasteiger partial charge in [0.2, 0.25) is 0 Å². The Kier molecular flexibility index (Phi) is 4.15. The number of nitrogens with one attached hydrogen (secondary N) is 1. The highest BCUT2D eigenvalue weighted by atomic mass is 16.3. The van der Waals surface area contributed by atoms with Crippen LogP contribution < -0.4 is 5.32 Å². The molecule has 2 heterocycles. The van der Waals surface area contributed by atoms with E-state index in [1.807, 2.05) is 42.5 Å². The maximum atomic E-state index is 12.9. The van der Waals surface area contributed by atoms with Crippen molar-refractivity contribution in [2.24, 2.45) is 5.92 Å². The number of carbonyl (C=O) groups is 1. The second kappa shape index (κ2) is 6.61. The number of carbonyl (C=O) groups excluding carboxylic acids is 1. The summed E-state index contributed by atoms with van der Waals surface area (Å²) in [5.74, 6) is 0.0533. The van der Waals surface area contributed by atoms with Gasteiger partial charge in [-0.15, -0.1) is 0 Å². The zero-order valence-corrected chi connectivity index (χ0v) is 13.7. The predicted octanol–water partition coefficient (Wildman–Crippen LogP) is 2.87. The molecule has 0 spiro atoms. The molecule has 0 aliphatic heterocycles. The Balaban J connectivity index is 1.64. The van der Waals surface area contributed by atoms with Gasteiger partial charge >= 0.3 is 0 Å². The van der Waals surface area contributed by atoms with Gasteiger partial charge in [0.1, 0.15) is 0 Å². The molecule has 2 aromatic heterocycles. The first-order chi connectivity index (χ1) is 12.2. The van der Waals surface area contributed by atoms with Crippen molar-refractivity contribution in [1.29, 1.82) is 0 Å². The molecule has 1 amide bonds. The summed E-state index contributed by atoms with van der Waals surface area (Å²) in [6.07, 6.45) is 4.46. The first-order valence-electron chi connectivity index (χ1n) is 8.46. The molecule has 3 aromatic rings. The Morgan fingerprint density at radius 2 is 1.84 bits per heavy atom. The van der Waals surface area contributed by atoms with E-state index < -0.39 is 0 Å². The Morgan fingerprint density at radius 1 is 1.04 bits per heavy atom. The summed E-state index contributed by atoms with van der Waals surface area (Å²) in [4.78, 5) is 21.7. The van der Waals surface area contributed by atoms with Crippen molar-refractivity contribution in [2.75, 3.05) is 0 Å². The lowest BCUT2D eigenvalue weighted by Gasteiger charge is -2.37. The van der Waals surface area contributed by atoms with E-state index in [9.17, 15) is 9.90 Å². The molecule has 1 aliphatic carbocycles. The Bertz CT molecular complexity index is 886. The minimum absolute atomic E-state index is 0.143. The zero-order chi connectivity index (χ0) is 17.2. The highest BCUT2D eigenvalue weighted by Crippen LogP contribution is 2.37. The number of hydrogen-bond donors (Lipinski definition) is 2. The Morgan fingerprint density at radius 3 is 2.60 bits per heavy atom. The number of rotatable bonds is 4. The van der Waals surface area contributed by atoms with E-state index in [0.717, 1.165) is 16.6 Å². The molecule has 126 valence electrons. The molecule has 25 heavy (non-hydrogen) atoms. The average Bonchev–Trinajstić information content (AvgIpc) is 2.64. The first-order valence-corrected chi connectivity index (χ1v) is 8.46. The summed E-state index contributed by atoms with van der Waals surface area (Å²) in [5, 5.41) is 13.6. The fourth-order valence-corrected chi connectivity index (χ4v) is 3.41. The van der Waals surface area contributed by atoms with Crippen molar-refractivity contribution in [3.8, 4) is 0 Å². The van der Waals surface area contributed by atoms with Gasteiger partial charge in [-0.25, -0.2) is 0 Å². The average molecular weight is 333 g/mol. The number of hydrogen-bond acceptors (Lipinski definition) is 4. The van der Waals surface area contributed by atoms with Crippen LogP contribution >= 0.6 is 0 Å². The van der Waals surface area contributed by atoms with Crippen molar-refractivity contribution in [2.45, 2.75) is 25.0 Å². The van der Waals surface area contributed by atoms with Crippen LogP contribution in [0.5, 0.6) is 0 Å². The molecular formula is C20H19N3O2. The van der Waals surface area contributed by atoms with Crippen LogP contribution in [-0.4, -0.2) is 27.1 Å². The van der Waals surface area contributed by atoms with Gasteiger partial charge in [-0.3, -0.25) is 14.8 Å². The number of nitrogens with zero attached hydrogens (tertiary/aromatic N) is 2. The summed E-state index contributed by atoms with van der Waals surface area (Å²) in [5.41, 5.74) is 2.22. The molecule has 0 unspecified atom stereocenters. The van der Waals surface area contributed by atoms with Gasteiger partial charge in [-0.05, 0) is 43.0 Å². The van der Waals surface area contributed by atoms with Crippen LogP contribution in [0.15, 0.2) is 60.9 Å². The largest absolute Gasteiger partial charge is 0.393 e. The number of fused-ring (bicyclic) bond motifs is 1. The number of aliphatic hydroxyl groups is 1. The van der Waals surface area contributed by atoms with E-state index in [4.69, 9.17) is 0 Å². The molecule has 1 atom stereocenters. The van der Waals surface area contributed by atoms with Crippen molar-refractivity contribution in [3.63, 3.8) is 0 Å². The van der Waals surface area contributed by atoms with Crippen LogP contribution in [0.25, 0.3) is 10.9 Å². The van der Waals surface area contributed by atoms with Crippen LogP contribution in [0.1, 0.15) is 34.9 Å². The van der Waals surface area contributed by atoms with Crippen molar-refractivity contribution in [1.82, 2.24) is 15.3 Å². The lowest BCUT2D eigenvalue weighted by atomic mass is 9.76. The van der Waals surface area contributed by atoms with E-state index in [2.05, 4.69) is 15.3 Å². The molecule has 1 fully saturated rings. The minimum atomic E-state index is -0.283. The molecule has 0 saturated heterocycles. The molecule has 4 rings (SSSR count). The monoisotopic (exact) mass is 333 g/mol. The van der Waals surface area contributed by atoms with E-state index in [0.29, 0.717) is 18.4 Å². The topological polar surface area (TPSA) is 75.1 Å². The summed E-state index contributed by atoms with van der Waals surface area (Å²) in [6, 6.07) is 14.8. The number of para-hydroxylation sites is 1. The second-order valence-corrected chi connectivity index (χ2v) is 6.47. The molecular weight excluding hydrogens is 314 g/mol. The normalized spacial score (nSPS) is 20.7. The highest BCUT2D eigenvalue weighted by molar-refractivity contribution is 6.06. The molecule has 1 saturated carbocycles. The second-order valence-electron chi connectivity index (χ2n) is 6.47. The quantitative estimate of drug-likeness (QED) is 0.770. The van der Waals surface area contributed by atoms with Crippen LogP contribution in [0.4, 0.5) is 0 Å². The number of pyridine rings is 2. The minimum Gasteiger partial charge on any atom is -0.393 e. The molecule has 1 aromatic carbocycles.